The van der Waals surface area contributed by atoms with E-state index >= 15 is 0 Å². The van der Waals surface area contributed by atoms with Crippen molar-refractivity contribution in [2.24, 2.45) is 0 Å². The van der Waals surface area contributed by atoms with Gasteiger partial charge in [-0.15, -0.1) is 0 Å². The van der Waals surface area contributed by atoms with Gasteiger partial charge in [0.25, 0.3) is 0 Å². The van der Waals surface area contributed by atoms with Gasteiger partial charge in [0.1, 0.15) is 0 Å². The monoisotopic (exact) mass is 199 g/mol. The summed E-state index contributed by atoms with van der Waals surface area (Å²) in [7, 11) is 4.00. The van der Waals surface area contributed by atoms with Crippen LogP contribution in [-0.4, -0.2) is 19.0 Å². The Labute approximate surface area is 92.0 Å². The summed E-state index contributed by atoms with van der Waals surface area (Å²) in [5, 5.41) is 0. The second-order valence-electron chi connectivity index (χ2n) is 3.54. The average molecular weight is 199 g/mol. The summed E-state index contributed by atoms with van der Waals surface area (Å²) in [6.07, 6.45) is 5.78. The first kappa shape index (κ1) is 11.3. The maximum atomic E-state index is 3.84. The van der Waals surface area contributed by atoms with Gasteiger partial charge >= 0.3 is 0 Å². The van der Waals surface area contributed by atoms with E-state index in [0.29, 0.717) is 0 Å². The molecule has 0 heterocycles. The number of hydrogen-bond acceptors (Lipinski definition) is 1. The van der Waals surface area contributed by atoms with Crippen molar-refractivity contribution in [2.45, 2.75) is 0 Å². The van der Waals surface area contributed by atoms with Crippen molar-refractivity contribution in [3.05, 3.63) is 60.8 Å². The second kappa shape index (κ2) is 5.20. The molecule has 15 heavy (non-hydrogen) atoms. The fourth-order valence-electron chi connectivity index (χ4n) is 1.45. The predicted molar refractivity (Wildman–Crippen MR) is 68.4 cm³/mol. The lowest BCUT2D eigenvalue weighted by atomic mass is 10.0. The molecular weight excluding hydrogens is 182 g/mol. The summed E-state index contributed by atoms with van der Waals surface area (Å²) in [4.78, 5) is 2.01. The molecule has 0 spiro atoms. The van der Waals surface area contributed by atoms with Gasteiger partial charge in [-0.25, -0.2) is 0 Å². The fraction of sp³-hybridized carbons (Fsp3) is 0.143. The molecule has 1 rings (SSSR count). The Hall–Kier alpha value is -1.76. The topological polar surface area (TPSA) is 3.24 Å². The van der Waals surface area contributed by atoms with E-state index in [-0.39, 0.29) is 0 Å². The summed E-state index contributed by atoms with van der Waals surface area (Å²) in [6, 6.07) is 8.16. The van der Waals surface area contributed by atoms with E-state index in [2.05, 4.69) is 31.5 Å². The number of nitrogens with zero attached hydrogens (tertiary/aromatic N) is 1. The molecular formula is C14H17N. The second-order valence-corrected chi connectivity index (χ2v) is 3.54. The van der Waals surface area contributed by atoms with E-state index in [9.17, 15) is 0 Å². The molecule has 0 radical (unpaired) electrons. The lowest BCUT2D eigenvalue weighted by molar-refractivity contribution is 0.566. The molecule has 1 nitrogen and oxygen atoms in total. The van der Waals surface area contributed by atoms with Gasteiger partial charge < -0.3 is 4.90 Å². The van der Waals surface area contributed by atoms with Crippen LogP contribution in [0, 0.1) is 0 Å². The summed E-state index contributed by atoms with van der Waals surface area (Å²) < 4.78 is 0. The molecule has 0 amide bonds. The fourth-order valence-corrected chi connectivity index (χ4v) is 1.45. The molecule has 1 aromatic rings. The highest BCUT2D eigenvalue weighted by atomic mass is 15.0. The third-order valence-electron chi connectivity index (χ3n) is 2.11. The van der Waals surface area contributed by atoms with Crippen LogP contribution in [-0.2, 0) is 0 Å². The van der Waals surface area contributed by atoms with Crippen LogP contribution in [0.1, 0.15) is 11.1 Å². The zero-order valence-corrected chi connectivity index (χ0v) is 9.40. The number of allylic oxidation sites excluding steroid dienone is 2. The first-order chi connectivity index (χ1) is 7.19. The minimum absolute atomic E-state index is 1.11. The van der Waals surface area contributed by atoms with Crippen LogP contribution in [0.5, 0.6) is 0 Å². The van der Waals surface area contributed by atoms with Gasteiger partial charge in [0.2, 0.25) is 0 Å². The molecule has 0 aliphatic heterocycles. The lowest BCUT2D eigenvalue weighted by Crippen LogP contribution is -2.02. The molecule has 1 aromatic carbocycles. The zero-order valence-electron chi connectivity index (χ0n) is 9.40. The normalized spacial score (nSPS) is 10.9. The van der Waals surface area contributed by atoms with Crippen molar-refractivity contribution in [1.82, 2.24) is 4.90 Å². The van der Waals surface area contributed by atoms with Gasteiger partial charge in [-0.3, -0.25) is 0 Å². The number of hydrogen-bond donors (Lipinski definition) is 0. The lowest BCUT2D eigenvalue weighted by Gasteiger charge is -2.11. The zero-order chi connectivity index (χ0) is 11.3. The van der Waals surface area contributed by atoms with Crippen LogP contribution >= 0.6 is 0 Å². The van der Waals surface area contributed by atoms with Crippen molar-refractivity contribution in [1.29, 1.82) is 0 Å². The molecule has 0 atom stereocenters. The summed E-state index contributed by atoms with van der Waals surface area (Å²) in [5.74, 6) is 0. The maximum Gasteiger partial charge on any atom is 0.00647 e. The molecule has 78 valence electrons. The van der Waals surface area contributed by atoms with E-state index in [0.717, 1.165) is 16.7 Å². The van der Waals surface area contributed by atoms with E-state index in [1.54, 1.807) is 0 Å². The van der Waals surface area contributed by atoms with Crippen LogP contribution in [0.25, 0.3) is 11.6 Å². The van der Waals surface area contributed by atoms with Crippen LogP contribution < -0.4 is 0 Å². The average Bonchev–Trinajstić information content (AvgIpc) is 2.25. The van der Waals surface area contributed by atoms with Crippen LogP contribution in [0.4, 0.5) is 0 Å². The van der Waals surface area contributed by atoms with E-state index in [1.165, 1.54) is 0 Å². The molecule has 0 aliphatic rings. The highest BCUT2D eigenvalue weighted by Crippen LogP contribution is 2.21. The standard InChI is InChI=1S/C14H17N/c1-5-12-9-7-8-10-14(12)13(6-2)11-15(3)4/h5-11H,1-2H2,3-4H3/b13-11-. The molecule has 0 fully saturated rings. The maximum absolute atomic E-state index is 3.84. The van der Waals surface area contributed by atoms with Crippen molar-refractivity contribution >= 4 is 11.6 Å². The Morgan fingerprint density at radius 1 is 1.20 bits per heavy atom. The Morgan fingerprint density at radius 2 is 1.87 bits per heavy atom. The van der Waals surface area contributed by atoms with E-state index < -0.39 is 0 Å². The van der Waals surface area contributed by atoms with Crippen LogP contribution in [0.15, 0.2) is 49.7 Å². The summed E-state index contributed by atoms with van der Waals surface area (Å²) in [6.45, 7) is 7.65. The molecule has 0 N–H and O–H groups in total. The number of benzene rings is 1. The molecule has 0 aliphatic carbocycles. The Morgan fingerprint density at radius 3 is 2.40 bits per heavy atom. The smallest absolute Gasteiger partial charge is 0.00647 e. The van der Waals surface area contributed by atoms with Gasteiger partial charge in [-0.05, 0) is 16.7 Å². The summed E-state index contributed by atoms with van der Waals surface area (Å²) in [5.41, 5.74) is 3.40. The Kier molecular flexibility index (Phi) is 3.92. The van der Waals surface area contributed by atoms with Gasteiger partial charge in [0, 0.05) is 20.3 Å². The first-order valence-electron chi connectivity index (χ1n) is 4.91. The molecule has 0 aromatic heterocycles. The molecule has 0 bridgehead atoms. The molecule has 0 saturated heterocycles. The third kappa shape index (κ3) is 2.84. The van der Waals surface area contributed by atoms with Crippen molar-refractivity contribution < 1.29 is 0 Å². The van der Waals surface area contributed by atoms with E-state index in [1.807, 2.05) is 43.3 Å². The Balaban J connectivity index is 3.23. The minimum atomic E-state index is 1.11. The van der Waals surface area contributed by atoms with Crippen molar-refractivity contribution in [3.8, 4) is 0 Å². The van der Waals surface area contributed by atoms with Gasteiger partial charge in [-0.1, -0.05) is 49.6 Å². The van der Waals surface area contributed by atoms with Gasteiger partial charge in [-0.2, -0.15) is 0 Å². The van der Waals surface area contributed by atoms with Gasteiger partial charge in [0.15, 0.2) is 0 Å². The highest BCUT2D eigenvalue weighted by molar-refractivity contribution is 5.79. The minimum Gasteiger partial charge on any atom is -0.383 e. The number of rotatable bonds is 4. The van der Waals surface area contributed by atoms with Crippen LogP contribution in [0.3, 0.4) is 0 Å². The molecule has 0 saturated carbocycles. The highest BCUT2D eigenvalue weighted by Gasteiger charge is 2.01. The SMILES string of the molecule is C=C/C(=C/N(C)C)c1ccccc1C=C. The molecule has 0 unspecified atom stereocenters. The Bertz CT molecular complexity index is 386. The third-order valence-corrected chi connectivity index (χ3v) is 2.11. The van der Waals surface area contributed by atoms with E-state index in [4.69, 9.17) is 0 Å². The van der Waals surface area contributed by atoms with Gasteiger partial charge in [0.05, 0.1) is 0 Å². The largest absolute Gasteiger partial charge is 0.383 e. The molecule has 1 heteroatoms. The first-order valence-corrected chi connectivity index (χ1v) is 4.91. The summed E-state index contributed by atoms with van der Waals surface area (Å²) >= 11 is 0. The van der Waals surface area contributed by atoms with Crippen molar-refractivity contribution in [2.75, 3.05) is 14.1 Å². The predicted octanol–water partition coefficient (Wildman–Crippen LogP) is 3.42. The van der Waals surface area contributed by atoms with Crippen molar-refractivity contribution in [3.63, 3.8) is 0 Å². The van der Waals surface area contributed by atoms with Crippen LogP contribution in [0.2, 0.25) is 0 Å². The quantitative estimate of drug-likeness (QED) is 0.672.